The number of nitrogens with zero attached hydrogens (tertiary/aromatic N) is 1. The zero-order chi connectivity index (χ0) is 10.3. The fourth-order valence-electron chi connectivity index (χ4n) is 0.895. The van der Waals surface area contributed by atoms with E-state index in [1.165, 1.54) is 0 Å². The fraction of sp³-hybridized carbons (Fsp3) is 1.00. The Hall–Kier alpha value is -0.170. The van der Waals surface area contributed by atoms with E-state index < -0.39 is 10.0 Å². The van der Waals surface area contributed by atoms with Gasteiger partial charge in [0.05, 0.1) is 12.4 Å². The summed E-state index contributed by atoms with van der Waals surface area (Å²) in [5, 5.41) is 4.85. The van der Waals surface area contributed by atoms with Gasteiger partial charge in [-0.25, -0.2) is 13.6 Å². The monoisotopic (exact) mass is 210 g/mol. The van der Waals surface area contributed by atoms with Gasteiger partial charge < -0.3 is 9.64 Å². The van der Waals surface area contributed by atoms with Gasteiger partial charge in [-0.05, 0) is 20.0 Å². The molecule has 0 rings (SSSR count). The van der Waals surface area contributed by atoms with E-state index in [2.05, 4.69) is 0 Å². The second kappa shape index (κ2) is 6.31. The van der Waals surface area contributed by atoms with Gasteiger partial charge in [0.2, 0.25) is 10.0 Å². The molecule has 2 N–H and O–H groups in total. The third-order valence-electron chi connectivity index (χ3n) is 1.65. The maximum atomic E-state index is 10.6. The van der Waals surface area contributed by atoms with Crippen molar-refractivity contribution < 1.29 is 13.2 Å². The van der Waals surface area contributed by atoms with Gasteiger partial charge >= 0.3 is 0 Å². The summed E-state index contributed by atoms with van der Waals surface area (Å²) < 4.78 is 26.0. The van der Waals surface area contributed by atoms with Crippen LogP contribution in [0.5, 0.6) is 0 Å². The highest BCUT2D eigenvalue weighted by molar-refractivity contribution is 7.89. The molecular formula is C7H18N2O3S. The summed E-state index contributed by atoms with van der Waals surface area (Å²) >= 11 is 0. The van der Waals surface area contributed by atoms with Crippen LogP contribution in [-0.2, 0) is 14.8 Å². The lowest BCUT2D eigenvalue weighted by atomic mass is 10.4. The van der Waals surface area contributed by atoms with Crippen molar-refractivity contribution in [1.82, 2.24) is 4.90 Å². The molecule has 5 nitrogen and oxygen atoms in total. The van der Waals surface area contributed by atoms with E-state index in [1.54, 1.807) is 7.11 Å². The molecule has 0 saturated carbocycles. The molecule has 13 heavy (non-hydrogen) atoms. The lowest BCUT2D eigenvalue weighted by molar-refractivity contribution is 0.161. The van der Waals surface area contributed by atoms with Crippen LogP contribution in [0, 0.1) is 0 Å². The third kappa shape index (κ3) is 9.75. The number of primary sulfonamides is 1. The molecule has 0 aliphatic rings. The number of likely N-dealkylation sites (N-methyl/N-ethyl adjacent to an activating group) is 1. The first-order valence-corrected chi connectivity index (χ1v) is 5.85. The van der Waals surface area contributed by atoms with Crippen molar-refractivity contribution in [3.63, 3.8) is 0 Å². The number of hydrogen-bond donors (Lipinski definition) is 1. The summed E-state index contributed by atoms with van der Waals surface area (Å²) in [5.74, 6) is 0.0460. The molecule has 0 aromatic rings. The first-order valence-electron chi connectivity index (χ1n) is 4.13. The van der Waals surface area contributed by atoms with Crippen molar-refractivity contribution in [2.75, 3.05) is 39.6 Å². The van der Waals surface area contributed by atoms with Gasteiger partial charge in [-0.1, -0.05) is 0 Å². The summed E-state index contributed by atoms with van der Waals surface area (Å²) in [6.45, 7) is 2.19. The number of ether oxygens (including phenoxy) is 1. The molecule has 0 aromatic carbocycles. The highest BCUT2D eigenvalue weighted by Gasteiger charge is 2.03. The Kier molecular flexibility index (Phi) is 6.23. The molecule has 0 radical (unpaired) electrons. The maximum absolute atomic E-state index is 10.6. The summed E-state index contributed by atoms with van der Waals surface area (Å²) in [6, 6.07) is 0. The highest BCUT2D eigenvalue weighted by atomic mass is 32.2. The van der Waals surface area contributed by atoms with E-state index in [-0.39, 0.29) is 5.75 Å². The molecule has 0 fully saturated rings. The highest BCUT2D eigenvalue weighted by Crippen LogP contribution is 1.90. The minimum atomic E-state index is -3.30. The van der Waals surface area contributed by atoms with Crippen LogP contribution in [0.15, 0.2) is 0 Å². The van der Waals surface area contributed by atoms with Crippen LogP contribution >= 0.6 is 0 Å². The molecule has 0 atom stereocenters. The van der Waals surface area contributed by atoms with E-state index in [9.17, 15) is 8.42 Å². The summed E-state index contributed by atoms with van der Waals surface area (Å²) in [6.07, 6.45) is 0.568. The normalized spacial score (nSPS) is 12.3. The number of hydrogen-bond acceptors (Lipinski definition) is 4. The van der Waals surface area contributed by atoms with Crippen LogP contribution in [0.25, 0.3) is 0 Å². The quantitative estimate of drug-likeness (QED) is 0.599. The number of rotatable bonds is 7. The molecule has 6 heteroatoms. The molecule has 0 saturated heterocycles. The van der Waals surface area contributed by atoms with E-state index in [1.807, 2.05) is 11.9 Å². The summed E-state index contributed by atoms with van der Waals surface area (Å²) in [4.78, 5) is 2.01. The zero-order valence-corrected chi connectivity index (χ0v) is 9.01. The first-order chi connectivity index (χ1) is 5.95. The Morgan fingerprint density at radius 1 is 1.38 bits per heavy atom. The van der Waals surface area contributed by atoms with Gasteiger partial charge in [0, 0.05) is 13.7 Å². The molecule has 0 heterocycles. The minimum absolute atomic E-state index is 0.0460. The number of nitrogens with two attached hydrogens (primary N) is 1. The lowest BCUT2D eigenvalue weighted by Gasteiger charge is -2.14. The Balaban J connectivity index is 3.42. The number of methoxy groups -OCH3 is 1. The number of sulfonamides is 1. The van der Waals surface area contributed by atoms with Gasteiger partial charge in [0.1, 0.15) is 0 Å². The maximum Gasteiger partial charge on any atom is 0.209 e. The summed E-state index contributed by atoms with van der Waals surface area (Å²) in [7, 11) is 0.258. The smallest absolute Gasteiger partial charge is 0.209 e. The SMILES string of the molecule is COCCN(C)CCCS(N)(=O)=O. The van der Waals surface area contributed by atoms with Crippen LogP contribution in [0.2, 0.25) is 0 Å². The molecule has 0 aliphatic heterocycles. The van der Waals surface area contributed by atoms with Crippen molar-refractivity contribution in [1.29, 1.82) is 0 Å². The predicted molar refractivity (Wildman–Crippen MR) is 52.0 cm³/mol. The Bertz CT molecular complexity index is 216. The molecule has 80 valence electrons. The molecular weight excluding hydrogens is 192 g/mol. The van der Waals surface area contributed by atoms with Crippen molar-refractivity contribution in [2.45, 2.75) is 6.42 Å². The lowest BCUT2D eigenvalue weighted by Crippen LogP contribution is -2.26. The first kappa shape index (κ1) is 12.8. The average Bonchev–Trinajstić information content (AvgIpc) is 1.98. The van der Waals surface area contributed by atoms with Gasteiger partial charge in [-0.15, -0.1) is 0 Å². The van der Waals surface area contributed by atoms with Crippen LogP contribution in [0.1, 0.15) is 6.42 Å². The standard InChI is InChI=1S/C7H18N2O3S/c1-9(5-6-12-2)4-3-7-13(8,10)11/h3-7H2,1-2H3,(H2,8,10,11). The average molecular weight is 210 g/mol. The van der Waals surface area contributed by atoms with Crippen molar-refractivity contribution in [3.05, 3.63) is 0 Å². The molecule has 0 spiro atoms. The van der Waals surface area contributed by atoms with E-state index in [0.717, 1.165) is 13.1 Å². The topological polar surface area (TPSA) is 72.6 Å². The molecule has 0 aliphatic carbocycles. The van der Waals surface area contributed by atoms with Crippen LogP contribution in [0.4, 0.5) is 0 Å². The Morgan fingerprint density at radius 2 is 2.00 bits per heavy atom. The zero-order valence-electron chi connectivity index (χ0n) is 8.19. The third-order valence-corrected chi connectivity index (χ3v) is 2.50. The molecule has 0 unspecified atom stereocenters. The predicted octanol–water partition coefficient (Wildman–Crippen LogP) is -0.757. The van der Waals surface area contributed by atoms with Gasteiger partial charge in [0.15, 0.2) is 0 Å². The second-order valence-corrected chi connectivity index (χ2v) is 4.75. The van der Waals surface area contributed by atoms with E-state index >= 15 is 0 Å². The summed E-state index contributed by atoms with van der Waals surface area (Å²) in [5.41, 5.74) is 0. The van der Waals surface area contributed by atoms with E-state index in [0.29, 0.717) is 13.0 Å². The Morgan fingerprint density at radius 3 is 2.46 bits per heavy atom. The van der Waals surface area contributed by atoms with Crippen molar-refractivity contribution in [3.8, 4) is 0 Å². The fourth-order valence-corrected chi connectivity index (χ4v) is 1.43. The van der Waals surface area contributed by atoms with Gasteiger partial charge in [0.25, 0.3) is 0 Å². The van der Waals surface area contributed by atoms with Gasteiger partial charge in [-0.3, -0.25) is 0 Å². The Labute approximate surface area is 79.9 Å². The van der Waals surface area contributed by atoms with Crippen LogP contribution in [-0.4, -0.2) is 52.9 Å². The molecule has 0 amide bonds. The minimum Gasteiger partial charge on any atom is -0.383 e. The van der Waals surface area contributed by atoms with Gasteiger partial charge in [-0.2, -0.15) is 0 Å². The molecule has 0 aromatic heterocycles. The van der Waals surface area contributed by atoms with Crippen molar-refractivity contribution >= 4 is 10.0 Å². The largest absolute Gasteiger partial charge is 0.383 e. The van der Waals surface area contributed by atoms with Crippen LogP contribution < -0.4 is 5.14 Å². The van der Waals surface area contributed by atoms with Crippen LogP contribution in [0.3, 0.4) is 0 Å². The van der Waals surface area contributed by atoms with Crippen molar-refractivity contribution in [2.24, 2.45) is 5.14 Å². The second-order valence-electron chi connectivity index (χ2n) is 3.02. The molecule has 0 bridgehead atoms. The van der Waals surface area contributed by atoms with E-state index in [4.69, 9.17) is 9.88 Å².